The maximum Gasteiger partial charge on any atom is 0.128 e. The zero-order valence-corrected chi connectivity index (χ0v) is 16.6. The number of benzene rings is 1. The van der Waals surface area contributed by atoms with E-state index in [1.165, 1.54) is 22.5 Å². The molecule has 3 fully saturated rings. The highest BCUT2D eigenvalue weighted by atomic mass is 15.3. The normalized spacial score (nSPS) is 28.1. The van der Waals surface area contributed by atoms with Crippen molar-refractivity contribution in [2.45, 2.75) is 12.1 Å². The van der Waals surface area contributed by atoms with Crippen LogP contribution in [0.5, 0.6) is 0 Å². The van der Waals surface area contributed by atoms with E-state index in [4.69, 9.17) is 4.98 Å². The third-order valence-corrected chi connectivity index (χ3v) is 6.85. The number of rotatable bonds is 3. The largest absolute Gasteiger partial charge is 0.374 e. The van der Waals surface area contributed by atoms with Crippen LogP contribution in [0.4, 0.5) is 11.5 Å². The van der Waals surface area contributed by atoms with Crippen LogP contribution in [0.15, 0.2) is 48.7 Å². The summed E-state index contributed by atoms with van der Waals surface area (Å²) in [6.45, 7) is 7.53. The van der Waals surface area contributed by atoms with Crippen molar-refractivity contribution in [2.75, 3.05) is 56.0 Å². The fourth-order valence-corrected chi connectivity index (χ4v) is 5.18. The van der Waals surface area contributed by atoms with Crippen LogP contribution < -0.4 is 20.9 Å². The van der Waals surface area contributed by atoms with Crippen molar-refractivity contribution in [3.05, 3.63) is 59.8 Å². The van der Waals surface area contributed by atoms with Crippen molar-refractivity contribution < 1.29 is 0 Å². The molecule has 6 nitrogen and oxygen atoms in total. The summed E-state index contributed by atoms with van der Waals surface area (Å²) < 4.78 is 0. The average molecular weight is 389 g/mol. The van der Waals surface area contributed by atoms with E-state index in [0.717, 1.165) is 57.5 Å². The number of para-hydroxylation sites is 1. The fourth-order valence-electron chi connectivity index (χ4n) is 5.18. The van der Waals surface area contributed by atoms with E-state index < -0.39 is 0 Å². The van der Waals surface area contributed by atoms with E-state index in [1.807, 2.05) is 6.20 Å². The second-order valence-corrected chi connectivity index (χ2v) is 8.54. The van der Waals surface area contributed by atoms with Crippen LogP contribution in [0.2, 0.25) is 0 Å². The molecule has 29 heavy (non-hydrogen) atoms. The highest BCUT2D eigenvalue weighted by Crippen LogP contribution is 2.42. The smallest absolute Gasteiger partial charge is 0.128 e. The Morgan fingerprint density at radius 3 is 2.69 bits per heavy atom. The molecule has 0 radical (unpaired) electrons. The van der Waals surface area contributed by atoms with Gasteiger partial charge in [0, 0.05) is 80.9 Å². The molecule has 5 heterocycles. The zero-order valence-electron chi connectivity index (χ0n) is 16.6. The summed E-state index contributed by atoms with van der Waals surface area (Å²) in [7, 11) is 0. The highest BCUT2D eigenvalue weighted by Gasteiger charge is 2.44. The van der Waals surface area contributed by atoms with Crippen LogP contribution >= 0.6 is 0 Å². The number of nitrogens with zero attached hydrogens (tertiary/aromatic N) is 3. The first kappa shape index (κ1) is 17.3. The number of likely N-dealkylation sites (tertiary alicyclic amines) is 1. The Balaban J connectivity index is 1.30. The van der Waals surface area contributed by atoms with Gasteiger partial charge in [0.2, 0.25) is 0 Å². The molecular formula is C23H28N6. The molecule has 3 saturated heterocycles. The van der Waals surface area contributed by atoms with Gasteiger partial charge >= 0.3 is 0 Å². The second kappa shape index (κ2) is 7.04. The van der Waals surface area contributed by atoms with Gasteiger partial charge in [-0.2, -0.15) is 0 Å². The predicted molar refractivity (Wildman–Crippen MR) is 117 cm³/mol. The fraction of sp³-hybridized carbons (Fsp3) is 0.435. The maximum atomic E-state index is 4.80. The van der Waals surface area contributed by atoms with Gasteiger partial charge in [0.15, 0.2) is 0 Å². The van der Waals surface area contributed by atoms with Gasteiger partial charge in [-0.05, 0) is 23.8 Å². The lowest BCUT2D eigenvalue weighted by Crippen LogP contribution is -2.54. The Morgan fingerprint density at radius 2 is 1.86 bits per heavy atom. The summed E-state index contributed by atoms with van der Waals surface area (Å²) in [5.41, 5.74) is 5.13. The SMILES string of the molecule is C1=C(N2CC3CNCC32)c2ccccc2NC1c1ccc(N2CCNCC2)nc1. The number of aromatic nitrogens is 1. The van der Waals surface area contributed by atoms with Crippen LogP contribution in [-0.2, 0) is 0 Å². The van der Waals surface area contributed by atoms with Crippen LogP contribution in [0.25, 0.3) is 5.70 Å². The summed E-state index contributed by atoms with van der Waals surface area (Å²) in [4.78, 5) is 9.75. The Labute approximate surface area is 172 Å². The molecule has 2 aromatic rings. The first-order valence-corrected chi connectivity index (χ1v) is 10.8. The minimum atomic E-state index is 0.151. The van der Waals surface area contributed by atoms with Crippen molar-refractivity contribution in [2.24, 2.45) is 5.92 Å². The quantitative estimate of drug-likeness (QED) is 0.747. The van der Waals surface area contributed by atoms with Crippen molar-refractivity contribution in [1.29, 1.82) is 0 Å². The monoisotopic (exact) mass is 388 g/mol. The number of hydrogen-bond acceptors (Lipinski definition) is 6. The number of anilines is 2. The van der Waals surface area contributed by atoms with E-state index in [1.54, 1.807) is 0 Å². The van der Waals surface area contributed by atoms with Crippen molar-refractivity contribution in [3.8, 4) is 0 Å². The molecule has 6 heteroatoms. The van der Waals surface area contributed by atoms with E-state index in [9.17, 15) is 0 Å². The van der Waals surface area contributed by atoms with Crippen molar-refractivity contribution in [3.63, 3.8) is 0 Å². The average Bonchev–Trinajstić information content (AvgIpc) is 3.14. The summed E-state index contributed by atoms with van der Waals surface area (Å²) in [6, 6.07) is 13.9. The zero-order chi connectivity index (χ0) is 19.2. The third-order valence-electron chi connectivity index (χ3n) is 6.85. The van der Waals surface area contributed by atoms with Crippen LogP contribution in [0.1, 0.15) is 17.2 Å². The first-order valence-electron chi connectivity index (χ1n) is 10.8. The molecule has 3 unspecified atom stereocenters. The maximum absolute atomic E-state index is 4.80. The Bertz CT molecular complexity index is 917. The van der Waals surface area contributed by atoms with Gasteiger partial charge in [-0.15, -0.1) is 0 Å². The van der Waals surface area contributed by atoms with Crippen LogP contribution in [0.3, 0.4) is 0 Å². The first-order chi connectivity index (χ1) is 14.4. The molecule has 0 amide bonds. The lowest BCUT2D eigenvalue weighted by atomic mass is 9.87. The summed E-state index contributed by atoms with van der Waals surface area (Å²) >= 11 is 0. The Morgan fingerprint density at radius 1 is 0.966 bits per heavy atom. The number of nitrogens with one attached hydrogen (secondary N) is 3. The topological polar surface area (TPSA) is 55.5 Å². The molecule has 0 bridgehead atoms. The van der Waals surface area contributed by atoms with Crippen molar-refractivity contribution in [1.82, 2.24) is 20.5 Å². The van der Waals surface area contributed by atoms with E-state index in [0.29, 0.717) is 6.04 Å². The molecule has 0 spiro atoms. The van der Waals surface area contributed by atoms with Gasteiger partial charge in [-0.25, -0.2) is 4.98 Å². The summed E-state index contributed by atoms with van der Waals surface area (Å²) in [5, 5.41) is 10.7. The van der Waals surface area contributed by atoms with Gasteiger partial charge in [0.25, 0.3) is 0 Å². The molecule has 150 valence electrons. The minimum Gasteiger partial charge on any atom is -0.374 e. The Hall–Kier alpha value is -2.57. The van der Waals surface area contributed by atoms with E-state index in [-0.39, 0.29) is 6.04 Å². The van der Waals surface area contributed by atoms with Gasteiger partial charge < -0.3 is 25.8 Å². The molecule has 3 N–H and O–H groups in total. The van der Waals surface area contributed by atoms with Gasteiger partial charge in [-0.1, -0.05) is 24.3 Å². The highest BCUT2D eigenvalue weighted by molar-refractivity contribution is 5.80. The molecule has 0 aliphatic carbocycles. The molecule has 1 aromatic heterocycles. The minimum absolute atomic E-state index is 0.151. The second-order valence-electron chi connectivity index (χ2n) is 8.54. The number of hydrogen-bond donors (Lipinski definition) is 3. The number of piperazine rings is 1. The van der Waals surface area contributed by atoms with E-state index >= 15 is 0 Å². The molecule has 3 atom stereocenters. The molecule has 0 saturated carbocycles. The Kier molecular flexibility index (Phi) is 4.20. The summed E-state index contributed by atoms with van der Waals surface area (Å²) in [6.07, 6.45) is 4.45. The number of pyridine rings is 1. The van der Waals surface area contributed by atoms with Gasteiger partial charge in [-0.3, -0.25) is 0 Å². The van der Waals surface area contributed by atoms with Gasteiger partial charge in [0.1, 0.15) is 5.82 Å². The molecule has 6 rings (SSSR count). The number of fused-ring (bicyclic) bond motifs is 2. The van der Waals surface area contributed by atoms with Crippen LogP contribution in [-0.4, -0.2) is 61.7 Å². The predicted octanol–water partition coefficient (Wildman–Crippen LogP) is 1.90. The lowest BCUT2D eigenvalue weighted by molar-refractivity contribution is 0.120. The molecular weight excluding hydrogens is 360 g/mol. The molecule has 4 aliphatic heterocycles. The van der Waals surface area contributed by atoms with E-state index in [2.05, 4.69) is 68.2 Å². The third kappa shape index (κ3) is 2.98. The molecule has 1 aromatic carbocycles. The lowest BCUT2D eigenvalue weighted by Gasteiger charge is -2.48. The van der Waals surface area contributed by atoms with Crippen molar-refractivity contribution >= 4 is 17.2 Å². The molecule has 4 aliphatic rings. The van der Waals surface area contributed by atoms with Gasteiger partial charge in [0.05, 0.1) is 6.04 Å². The standard InChI is InChI=1S/C23H28N6/c1-2-4-19-18(3-1)21(29-15-17-12-25-14-22(17)29)11-20(27-19)16-5-6-23(26-13-16)28-9-7-24-8-10-28/h1-6,11,13,17,20,22,24-25,27H,7-10,12,14-15H2. The van der Waals surface area contributed by atoms with Crippen LogP contribution in [0, 0.1) is 5.92 Å². The summed E-state index contributed by atoms with van der Waals surface area (Å²) in [5.74, 6) is 1.88.